The lowest BCUT2D eigenvalue weighted by Gasteiger charge is -2.32. The normalized spacial score (nSPS) is 18.9. The highest BCUT2D eigenvalue weighted by molar-refractivity contribution is 4.78. The number of rotatable bonds is 8. The van der Waals surface area contributed by atoms with E-state index in [1.165, 1.54) is 4.90 Å². The van der Waals surface area contributed by atoms with E-state index >= 15 is 0 Å². The minimum Gasteiger partial charge on any atom is -0.379 e. The van der Waals surface area contributed by atoms with Crippen molar-refractivity contribution >= 4 is 0 Å². The van der Waals surface area contributed by atoms with Crippen molar-refractivity contribution in [2.24, 2.45) is 0 Å². The molecule has 1 N–H and O–H groups in total. The third-order valence-corrected chi connectivity index (χ3v) is 3.45. The molecule has 0 aromatic carbocycles. The van der Waals surface area contributed by atoms with Crippen molar-refractivity contribution in [3.8, 4) is 0 Å². The van der Waals surface area contributed by atoms with Crippen LogP contribution in [0, 0.1) is 0 Å². The van der Waals surface area contributed by atoms with Gasteiger partial charge in [0.15, 0.2) is 0 Å². The monoisotopic (exact) mass is 296 g/mol. The average Bonchev–Trinajstić information content (AvgIpc) is 2.33. The fourth-order valence-electron chi connectivity index (χ4n) is 2.40. The fourth-order valence-corrected chi connectivity index (χ4v) is 2.40. The fraction of sp³-hybridized carbons (Fsp3) is 1.00. The molecule has 0 saturated carbocycles. The molecule has 1 rings (SSSR count). The van der Waals surface area contributed by atoms with E-state index in [0.717, 1.165) is 38.8 Å². The van der Waals surface area contributed by atoms with Gasteiger partial charge in [0.2, 0.25) is 0 Å². The molecule has 1 saturated heterocycles. The van der Waals surface area contributed by atoms with Gasteiger partial charge in [0.25, 0.3) is 0 Å². The van der Waals surface area contributed by atoms with Crippen LogP contribution >= 0.6 is 0 Å². The second-order valence-corrected chi connectivity index (χ2v) is 5.75. The predicted octanol–water partition coefficient (Wildman–Crippen LogP) is 2.81. The van der Waals surface area contributed by atoms with Gasteiger partial charge in [0.05, 0.1) is 12.6 Å². The van der Waals surface area contributed by atoms with Crippen molar-refractivity contribution in [1.29, 1.82) is 0 Å². The van der Waals surface area contributed by atoms with Gasteiger partial charge in [-0.25, -0.2) is 0 Å². The van der Waals surface area contributed by atoms with Crippen LogP contribution in [0.1, 0.15) is 39.5 Å². The second kappa shape index (κ2) is 8.85. The third kappa shape index (κ3) is 8.76. The zero-order valence-corrected chi connectivity index (χ0v) is 12.5. The summed E-state index contributed by atoms with van der Waals surface area (Å²) in [7, 11) is 0. The number of nitrogens with zero attached hydrogens (tertiary/aromatic N) is 1. The SMILES string of the molecule is CC(C)OCCCCNC1CCN(CC(F)(F)F)CC1. The third-order valence-electron chi connectivity index (χ3n) is 3.45. The van der Waals surface area contributed by atoms with E-state index in [4.69, 9.17) is 4.74 Å². The molecule has 1 aliphatic heterocycles. The van der Waals surface area contributed by atoms with E-state index in [1.54, 1.807) is 0 Å². The number of hydrogen-bond acceptors (Lipinski definition) is 3. The van der Waals surface area contributed by atoms with Crippen LogP contribution in [-0.2, 0) is 4.74 Å². The van der Waals surface area contributed by atoms with Gasteiger partial charge in [-0.15, -0.1) is 0 Å². The van der Waals surface area contributed by atoms with Crippen LogP contribution in [0.3, 0.4) is 0 Å². The standard InChI is InChI=1S/C14H27F3N2O/c1-12(2)20-10-4-3-7-18-13-5-8-19(9-6-13)11-14(15,16)17/h12-13,18H,3-11H2,1-2H3. The Labute approximate surface area is 119 Å². The maximum Gasteiger partial charge on any atom is 0.401 e. The molecule has 0 spiro atoms. The van der Waals surface area contributed by atoms with Crippen LogP contribution < -0.4 is 5.32 Å². The molecular formula is C14H27F3N2O. The van der Waals surface area contributed by atoms with Crippen molar-refractivity contribution in [3.05, 3.63) is 0 Å². The lowest BCUT2D eigenvalue weighted by Crippen LogP contribution is -2.45. The summed E-state index contributed by atoms with van der Waals surface area (Å²) in [5.41, 5.74) is 0. The van der Waals surface area contributed by atoms with Crippen molar-refractivity contribution in [3.63, 3.8) is 0 Å². The minimum atomic E-state index is -4.07. The lowest BCUT2D eigenvalue weighted by molar-refractivity contribution is -0.148. The van der Waals surface area contributed by atoms with E-state index in [9.17, 15) is 13.2 Å². The molecular weight excluding hydrogens is 269 g/mol. The van der Waals surface area contributed by atoms with E-state index in [1.807, 2.05) is 13.8 Å². The maximum atomic E-state index is 12.2. The van der Waals surface area contributed by atoms with Gasteiger partial charge in [-0.3, -0.25) is 4.90 Å². The summed E-state index contributed by atoms with van der Waals surface area (Å²) in [5.74, 6) is 0. The maximum absolute atomic E-state index is 12.2. The molecule has 0 radical (unpaired) electrons. The smallest absolute Gasteiger partial charge is 0.379 e. The average molecular weight is 296 g/mol. The zero-order chi connectivity index (χ0) is 15.0. The number of nitrogens with one attached hydrogen (secondary N) is 1. The molecule has 0 aromatic rings. The van der Waals surface area contributed by atoms with Gasteiger partial charge < -0.3 is 10.1 Å². The van der Waals surface area contributed by atoms with Crippen molar-refractivity contribution in [1.82, 2.24) is 10.2 Å². The van der Waals surface area contributed by atoms with Crippen LogP contribution in [0.5, 0.6) is 0 Å². The number of alkyl halides is 3. The highest BCUT2D eigenvalue weighted by atomic mass is 19.4. The number of hydrogen-bond donors (Lipinski definition) is 1. The van der Waals surface area contributed by atoms with E-state index in [2.05, 4.69) is 5.32 Å². The number of unbranched alkanes of at least 4 members (excludes halogenated alkanes) is 1. The lowest BCUT2D eigenvalue weighted by atomic mass is 10.0. The molecule has 0 bridgehead atoms. The van der Waals surface area contributed by atoms with Gasteiger partial charge in [0, 0.05) is 12.6 Å². The van der Waals surface area contributed by atoms with Crippen LogP contribution in [0.15, 0.2) is 0 Å². The highest BCUT2D eigenvalue weighted by Crippen LogP contribution is 2.19. The van der Waals surface area contributed by atoms with Crippen molar-refractivity contribution < 1.29 is 17.9 Å². The summed E-state index contributed by atoms with van der Waals surface area (Å²) in [6, 6.07) is 0.366. The molecule has 1 aliphatic rings. The van der Waals surface area contributed by atoms with Gasteiger partial charge >= 0.3 is 6.18 Å². The number of ether oxygens (including phenoxy) is 1. The largest absolute Gasteiger partial charge is 0.401 e. The van der Waals surface area contributed by atoms with Gasteiger partial charge in [0.1, 0.15) is 0 Å². The molecule has 1 heterocycles. The number of likely N-dealkylation sites (tertiary alicyclic amines) is 1. The van der Waals surface area contributed by atoms with Crippen LogP contribution in [0.4, 0.5) is 13.2 Å². The molecule has 120 valence electrons. The summed E-state index contributed by atoms with van der Waals surface area (Å²) in [6.45, 7) is 6.04. The summed E-state index contributed by atoms with van der Waals surface area (Å²) in [5, 5.41) is 3.43. The quantitative estimate of drug-likeness (QED) is 0.697. The van der Waals surface area contributed by atoms with Crippen LogP contribution in [-0.4, -0.2) is 56.0 Å². The first kappa shape index (κ1) is 17.7. The number of piperidine rings is 1. The highest BCUT2D eigenvalue weighted by Gasteiger charge is 2.32. The van der Waals surface area contributed by atoms with Crippen molar-refractivity contribution in [2.45, 2.75) is 57.9 Å². The van der Waals surface area contributed by atoms with Crippen LogP contribution in [0.2, 0.25) is 0 Å². The molecule has 0 aliphatic carbocycles. The van der Waals surface area contributed by atoms with Gasteiger partial charge in [-0.05, 0) is 59.2 Å². The Bertz CT molecular complexity index is 251. The zero-order valence-electron chi connectivity index (χ0n) is 12.5. The topological polar surface area (TPSA) is 24.5 Å². The van der Waals surface area contributed by atoms with Gasteiger partial charge in [-0.1, -0.05) is 0 Å². The minimum absolute atomic E-state index is 0.279. The van der Waals surface area contributed by atoms with E-state index < -0.39 is 12.7 Å². The first-order valence-electron chi connectivity index (χ1n) is 7.51. The van der Waals surface area contributed by atoms with Gasteiger partial charge in [-0.2, -0.15) is 13.2 Å². The van der Waals surface area contributed by atoms with E-state index in [0.29, 0.717) is 19.1 Å². The molecule has 0 aromatic heterocycles. The van der Waals surface area contributed by atoms with Crippen LogP contribution in [0.25, 0.3) is 0 Å². The summed E-state index contributed by atoms with van der Waals surface area (Å²) < 4.78 is 42.2. The second-order valence-electron chi connectivity index (χ2n) is 5.75. The molecule has 1 fully saturated rings. The number of halogens is 3. The molecule has 0 unspecified atom stereocenters. The Morgan fingerprint density at radius 3 is 2.40 bits per heavy atom. The van der Waals surface area contributed by atoms with E-state index in [-0.39, 0.29) is 6.10 Å². The molecule has 3 nitrogen and oxygen atoms in total. The Morgan fingerprint density at radius 2 is 1.85 bits per heavy atom. The Kier molecular flexibility index (Phi) is 7.84. The Hall–Kier alpha value is -0.330. The first-order chi connectivity index (χ1) is 9.37. The molecule has 0 atom stereocenters. The summed E-state index contributed by atoms with van der Waals surface area (Å²) in [4.78, 5) is 1.49. The van der Waals surface area contributed by atoms with Crippen molar-refractivity contribution in [2.75, 3.05) is 32.8 Å². The first-order valence-corrected chi connectivity index (χ1v) is 7.51. The molecule has 20 heavy (non-hydrogen) atoms. The molecule has 6 heteroatoms. The summed E-state index contributed by atoms with van der Waals surface area (Å²) >= 11 is 0. The predicted molar refractivity (Wildman–Crippen MR) is 73.8 cm³/mol. The Morgan fingerprint density at radius 1 is 1.20 bits per heavy atom. The Balaban J connectivity index is 2.00. The molecule has 0 amide bonds. The summed E-state index contributed by atoms with van der Waals surface area (Å²) in [6.07, 6.45) is -0.109.